The number of aromatic amines is 1. The van der Waals surface area contributed by atoms with E-state index in [4.69, 9.17) is 5.73 Å². The first-order chi connectivity index (χ1) is 11.0. The molecule has 0 radical (unpaired) electrons. The van der Waals surface area contributed by atoms with Crippen LogP contribution >= 0.6 is 0 Å². The van der Waals surface area contributed by atoms with Gasteiger partial charge in [0, 0.05) is 18.0 Å². The van der Waals surface area contributed by atoms with Crippen molar-refractivity contribution in [1.29, 1.82) is 0 Å². The Bertz CT molecular complexity index is 764. The van der Waals surface area contributed by atoms with Crippen LogP contribution in [0.4, 0.5) is 0 Å². The molecule has 1 aromatic heterocycles. The van der Waals surface area contributed by atoms with Gasteiger partial charge < -0.3 is 15.8 Å². The molecule has 3 rings (SSSR count). The third-order valence-electron chi connectivity index (χ3n) is 4.45. The van der Waals surface area contributed by atoms with Gasteiger partial charge in [0.2, 0.25) is 0 Å². The van der Waals surface area contributed by atoms with Gasteiger partial charge in [0.25, 0.3) is 0 Å². The second-order valence-electron chi connectivity index (χ2n) is 5.96. The van der Waals surface area contributed by atoms with E-state index in [0.717, 1.165) is 28.1 Å². The van der Waals surface area contributed by atoms with Crippen molar-refractivity contribution in [1.82, 2.24) is 9.97 Å². The molecular formula is C18H22N4O. The van der Waals surface area contributed by atoms with Crippen molar-refractivity contribution in [3.05, 3.63) is 53.2 Å². The number of allylic oxidation sites excluding steroid dienone is 2. The van der Waals surface area contributed by atoms with Crippen LogP contribution in [0.25, 0.3) is 11.6 Å². The number of hydrogen-bond donors (Lipinski definition) is 3. The van der Waals surface area contributed by atoms with Crippen molar-refractivity contribution < 1.29 is 5.11 Å². The topological polar surface area (TPSA) is 87.3 Å². The van der Waals surface area contributed by atoms with Crippen molar-refractivity contribution >= 4 is 17.5 Å². The molecule has 23 heavy (non-hydrogen) atoms. The lowest BCUT2D eigenvalue weighted by molar-refractivity contribution is 0.209. The molecule has 5 nitrogen and oxygen atoms in total. The number of aliphatic hydroxyl groups excluding tert-OH is 1. The molecule has 0 saturated heterocycles. The second-order valence-corrected chi connectivity index (χ2v) is 5.96. The zero-order chi connectivity index (χ0) is 16.6. The number of aliphatic hydroxyl groups is 1. The van der Waals surface area contributed by atoms with Gasteiger partial charge in [-0.25, -0.2) is 4.98 Å². The Morgan fingerprint density at radius 2 is 2.30 bits per heavy atom. The fourth-order valence-electron chi connectivity index (χ4n) is 3.00. The zero-order valence-electron chi connectivity index (χ0n) is 13.5. The SMILES string of the molecule is C=CC(=CC)C1C=C(c2nc3c([nH]2)CC(O)C(C)=C3)C(N)=NC1. The number of dihydropyridines is 1. The predicted octanol–water partition coefficient (Wildman–Crippen LogP) is 2.23. The minimum absolute atomic E-state index is 0.157. The van der Waals surface area contributed by atoms with Gasteiger partial charge in [-0.05, 0) is 31.1 Å². The standard InChI is InChI=1S/C18H22N4O/c1-4-11(5-2)12-7-13(17(19)20-9-12)18-21-14-6-10(3)16(23)8-15(14)22-18/h4-7,12,16,23H,1,8-9H2,2-3H3,(H2,19,20)(H,21,22). The molecule has 0 aromatic carbocycles. The number of H-pyrrole nitrogens is 1. The van der Waals surface area contributed by atoms with Crippen molar-refractivity contribution in [2.24, 2.45) is 16.6 Å². The van der Waals surface area contributed by atoms with E-state index in [1.54, 1.807) is 0 Å². The quantitative estimate of drug-likeness (QED) is 0.748. The van der Waals surface area contributed by atoms with E-state index < -0.39 is 6.10 Å². The van der Waals surface area contributed by atoms with Crippen molar-refractivity contribution in [2.75, 3.05) is 6.54 Å². The highest BCUT2D eigenvalue weighted by Crippen LogP contribution is 2.28. The number of fused-ring (bicyclic) bond motifs is 1. The lowest BCUT2D eigenvalue weighted by atomic mass is 9.93. The van der Waals surface area contributed by atoms with E-state index in [9.17, 15) is 5.11 Å². The molecule has 2 atom stereocenters. The number of nitrogens with one attached hydrogen (secondary N) is 1. The number of imidazole rings is 1. The molecule has 1 aromatic rings. The van der Waals surface area contributed by atoms with E-state index in [1.165, 1.54) is 0 Å². The van der Waals surface area contributed by atoms with Gasteiger partial charge in [-0.15, -0.1) is 0 Å². The third kappa shape index (κ3) is 2.80. The minimum Gasteiger partial charge on any atom is -0.388 e. The fraction of sp³-hybridized carbons (Fsp3) is 0.333. The van der Waals surface area contributed by atoms with E-state index in [-0.39, 0.29) is 5.92 Å². The summed E-state index contributed by atoms with van der Waals surface area (Å²) in [4.78, 5) is 12.4. The highest BCUT2D eigenvalue weighted by Gasteiger charge is 2.24. The van der Waals surface area contributed by atoms with Crippen LogP contribution in [0.1, 0.15) is 31.1 Å². The minimum atomic E-state index is -0.453. The Balaban J connectivity index is 1.99. The summed E-state index contributed by atoms with van der Waals surface area (Å²) in [6, 6.07) is 0. The van der Waals surface area contributed by atoms with E-state index in [1.807, 2.05) is 32.1 Å². The van der Waals surface area contributed by atoms with E-state index >= 15 is 0 Å². The molecule has 0 saturated carbocycles. The first-order valence-electron chi connectivity index (χ1n) is 7.79. The number of aliphatic imine (C=N–C) groups is 1. The van der Waals surface area contributed by atoms with E-state index in [0.29, 0.717) is 24.6 Å². The van der Waals surface area contributed by atoms with Gasteiger partial charge in [-0.2, -0.15) is 0 Å². The third-order valence-corrected chi connectivity index (χ3v) is 4.45. The maximum Gasteiger partial charge on any atom is 0.141 e. The molecule has 0 bridgehead atoms. The van der Waals surface area contributed by atoms with Gasteiger partial charge in [0.15, 0.2) is 0 Å². The summed E-state index contributed by atoms with van der Waals surface area (Å²) in [7, 11) is 0. The molecule has 120 valence electrons. The summed E-state index contributed by atoms with van der Waals surface area (Å²) in [5.74, 6) is 1.36. The van der Waals surface area contributed by atoms with Gasteiger partial charge in [0.1, 0.15) is 11.7 Å². The van der Waals surface area contributed by atoms with Crippen LogP contribution in [-0.4, -0.2) is 33.6 Å². The molecule has 0 amide bonds. The van der Waals surface area contributed by atoms with Crippen LogP contribution in [0.2, 0.25) is 0 Å². The summed E-state index contributed by atoms with van der Waals surface area (Å²) in [5.41, 5.74) is 10.8. The van der Waals surface area contributed by atoms with Crippen LogP contribution in [0.15, 0.2) is 40.9 Å². The predicted molar refractivity (Wildman–Crippen MR) is 93.9 cm³/mol. The smallest absolute Gasteiger partial charge is 0.141 e. The van der Waals surface area contributed by atoms with Crippen LogP contribution in [0.5, 0.6) is 0 Å². The summed E-state index contributed by atoms with van der Waals surface area (Å²) in [5, 5.41) is 9.98. The van der Waals surface area contributed by atoms with Gasteiger partial charge in [-0.1, -0.05) is 24.8 Å². The zero-order valence-corrected chi connectivity index (χ0v) is 13.5. The Labute approximate surface area is 136 Å². The van der Waals surface area contributed by atoms with Crippen molar-refractivity contribution in [3.63, 3.8) is 0 Å². The van der Waals surface area contributed by atoms with Crippen LogP contribution in [0.3, 0.4) is 0 Å². The highest BCUT2D eigenvalue weighted by molar-refractivity contribution is 6.21. The number of aromatic nitrogens is 2. The summed E-state index contributed by atoms with van der Waals surface area (Å²) >= 11 is 0. The van der Waals surface area contributed by atoms with Crippen LogP contribution in [-0.2, 0) is 6.42 Å². The van der Waals surface area contributed by atoms with Gasteiger partial charge >= 0.3 is 0 Å². The summed E-state index contributed by atoms with van der Waals surface area (Å²) in [6.07, 6.45) is 8.00. The molecule has 0 spiro atoms. The molecule has 4 N–H and O–H groups in total. The van der Waals surface area contributed by atoms with Gasteiger partial charge in [-0.3, -0.25) is 4.99 Å². The number of hydrogen-bond acceptors (Lipinski definition) is 4. The Hall–Kier alpha value is -2.40. The molecule has 0 fully saturated rings. The number of amidine groups is 1. The largest absolute Gasteiger partial charge is 0.388 e. The molecule has 2 aliphatic rings. The lowest BCUT2D eigenvalue weighted by Crippen LogP contribution is -2.23. The normalized spacial score (nSPS) is 24.5. The molecule has 5 heteroatoms. The summed E-state index contributed by atoms with van der Waals surface area (Å²) < 4.78 is 0. The fourth-order valence-corrected chi connectivity index (χ4v) is 3.00. The summed E-state index contributed by atoms with van der Waals surface area (Å²) in [6.45, 7) is 8.39. The van der Waals surface area contributed by atoms with Gasteiger partial charge in [0.05, 0.1) is 23.9 Å². The first kappa shape index (κ1) is 15.5. The van der Waals surface area contributed by atoms with E-state index in [2.05, 4.69) is 27.6 Å². The first-order valence-corrected chi connectivity index (χ1v) is 7.79. The number of nitrogens with two attached hydrogens (primary N) is 1. The lowest BCUT2D eigenvalue weighted by Gasteiger charge is -2.19. The van der Waals surface area contributed by atoms with Crippen LogP contribution in [0, 0.1) is 5.92 Å². The molecule has 2 heterocycles. The molecule has 1 aliphatic heterocycles. The average molecular weight is 310 g/mol. The Kier molecular flexibility index (Phi) is 4.05. The Morgan fingerprint density at radius 1 is 1.52 bits per heavy atom. The molecular weight excluding hydrogens is 288 g/mol. The van der Waals surface area contributed by atoms with Crippen molar-refractivity contribution in [2.45, 2.75) is 26.4 Å². The molecule has 1 aliphatic carbocycles. The Morgan fingerprint density at radius 3 is 3.00 bits per heavy atom. The molecule has 2 unspecified atom stereocenters. The number of rotatable bonds is 3. The second kappa shape index (κ2) is 6.01. The maximum absolute atomic E-state index is 9.98. The maximum atomic E-state index is 9.98. The van der Waals surface area contributed by atoms with Crippen LogP contribution < -0.4 is 5.73 Å². The number of nitrogens with zero attached hydrogens (tertiary/aromatic N) is 2. The monoisotopic (exact) mass is 310 g/mol. The highest BCUT2D eigenvalue weighted by atomic mass is 16.3. The average Bonchev–Trinajstić information content (AvgIpc) is 2.93. The van der Waals surface area contributed by atoms with Crippen molar-refractivity contribution in [3.8, 4) is 0 Å².